The Morgan fingerprint density at radius 3 is 1.97 bits per heavy atom. The maximum Gasteiger partial charge on any atom is 0.488 e. The molecule has 2 nitrogen and oxygen atoms in total. The van der Waals surface area contributed by atoms with Gasteiger partial charge >= 0.3 is 7.12 Å². The molecule has 0 aliphatic heterocycles. The van der Waals surface area contributed by atoms with Gasteiger partial charge in [0.1, 0.15) is 0 Å². The molecule has 0 heterocycles. The first kappa shape index (κ1) is 20.2. The van der Waals surface area contributed by atoms with Gasteiger partial charge < -0.3 is 10.0 Å². The van der Waals surface area contributed by atoms with E-state index in [1.54, 1.807) is 6.07 Å². The predicted octanol–water partition coefficient (Wildman–Crippen LogP) is 5.92. The van der Waals surface area contributed by atoms with E-state index < -0.39 is 7.12 Å². The number of fused-ring (bicyclic) bond motifs is 2. The van der Waals surface area contributed by atoms with Gasteiger partial charge in [-0.25, -0.2) is 0 Å². The van der Waals surface area contributed by atoms with E-state index in [2.05, 4.69) is 84.1 Å². The van der Waals surface area contributed by atoms with Crippen molar-refractivity contribution < 1.29 is 10.0 Å². The minimum Gasteiger partial charge on any atom is -0.423 e. The van der Waals surface area contributed by atoms with Crippen molar-refractivity contribution in [3.05, 3.63) is 100 Å². The van der Waals surface area contributed by atoms with Crippen LogP contribution in [0.2, 0.25) is 0 Å². The number of halogens is 1. The van der Waals surface area contributed by atoms with Crippen LogP contribution in [0, 0.1) is 10.5 Å². The van der Waals surface area contributed by atoms with E-state index in [9.17, 15) is 10.0 Å². The fraction of sp³-hybridized carbons (Fsp3) is 0.0370. The first-order valence-corrected chi connectivity index (χ1v) is 11.3. The fourth-order valence-corrected chi connectivity index (χ4v) is 5.33. The Kier molecular flexibility index (Phi) is 5.30. The summed E-state index contributed by atoms with van der Waals surface area (Å²) in [5.41, 5.74) is 6.30. The van der Waals surface area contributed by atoms with Crippen molar-refractivity contribution in [2.45, 2.75) is 6.92 Å². The molecule has 0 fully saturated rings. The number of hydrogen-bond acceptors (Lipinski definition) is 2. The molecule has 0 aliphatic carbocycles. The Balaban J connectivity index is 2.01. The minimum absolute atomic E-state index is 0.490. The van der Waals surface area contributed by atoms with Gasteiger partial charge in [-0.3, -0.25) is 0 Å². The summed E-state index contributed by atoms with van der Waals surface area (Å²) in [7, 11) is -1.51. The molecule has 0 unspecified atom stereocenters. The second kappa shape index (κ2) is 8.11. The largest absolute Gasteiger partial charge is 0.488 e. The molecule has 0 saturated heterocycles. The standard InChI is InChI=1S/C27H20BIO2/c1-17-11-13-23(25(29)15-17)27-21-10-6-5-9-20(21)26(18-7-3-2-4-8-18)24-16-19(28(30)31)12-14-22(24)27/h2-16,30-31H,1H3. The highest BCUT2D eigenvalue weighted by Gasteiger charge is 2.20. The molecule has 0 saturated carbocycles. The number of aryl methyl sites for hydroxylation is 1. The molecule has 4 heteroatoms. The van der Waals surface area contributed by atoms with Crippen LogP contribution in [-0.2, 0) is 0 Å². The summed E-state index contributed by atoms with van der Waals surface area (Å²) < 4.78 is 1.20. The Morgan fingerprint density at radius 2 is 1.29 bits per heavy atom. The van der Waals surface area contributed by atoms with Crippen molar-refractivity contribution in [3.63, 3.8) is 0 Å². The van der Waals surface area contributed by atoms with Crippen LogP contribution in [0.15, 0.2) is 91.0 Å². The summed E-state index contributed by atoms with van der Waals surface area (Å²) in [5, 5.41) is 24.2. The summed E-state index contributed by atoms with van der Waals surface area (Å²) in [4.78, 5) is 0. The van der Waals surface area contributed by atoms with Gasteiger partial charge in [-0.2, -0.15) is 0 Å². The lowest BCUT2D eigenvalue weighted by atomic mass is 9.77. The molecule has 31 heavy (non-hydrogen) atoms. The zero-order valence-electron chi connectivity index (χ0n) is 17.0. The van der Waals surface area contributed by atoms with Gasteiger partial charge in [-0.15, -0.1) is 0 Å². The smallest absolute Gasteiger partial charge is 0.423 e. The summed E-state index contributed by atoms with van der Waals surface area (Å²) in [5.74, 6) is 0. The molecular weight excluding hydrogens is 494 g/mol. The lowest BCUT2D eigenvalue weighted by Crippen LogP contribution is -2.29. The Labute approximate surface area is 195 Å². The van der Waals surface area contributed by atoms with E-state index in [4.69, 9.17) is 0 Å². The zero-order chi connectivity index (χ0) is 21.5. The second-order valence-electron chi connectivity index (χ2n) is 7.82. The van der Waals surface area contributed by atoms with Gasteiger partial charge in [0.15, 0.2) is 0 Å². The highest BCUT2D eigenvalue weighted by molar-refractivity contribution is 14.1. The first-order valence-electron chi connectivity index (χ1n) is 10.2. The van der Waals surface area contributed by atoms with Crippen LogP contribution in [0.4, 0.5) is 0 Å². The van der Waals surface area contributed by atoms with Crippen molar-refractivity contribution in [2.75, 3.05) is 0 Å². The van der Waals surface area contributed by atoms with E-state index >= 15 is 0 Å². The summed E-state index contributed by atoms with van der Waals surface area (Å²) in [6.45, 7) is 2.11. The summed E-state index contributed by atoms with van der Waals surface area (Å²) in [6, 6.07) is 31.1. The van der Waals surface area contributed by atoms with Crippen LogP contribution in [0.1, 0.15) is 5.56 Å². The lowest BCUT2D eigenvalue weighted by Gasteiger charge is -2.19. The topological polar surface area (TPSA) is 40.5 Å². The molecular formula is C27H20BIO2. The third kappa shape index (κ3) is 3.55. The maximum atomic E-state index is 9.87. The maximum absolute atomic E-state index is 9.87. The molecule has 0 aliphatic rings. The Bertz CT molecular complexity index is 1430. The van der Waals surface area contributed by atoms with Crippen molar-refractivity contribution in [1.82, 2.24) is 0 Å². The number of rotatable bonds is 3. The van der Waals surface area contributed by atoms with Gasteiger partial charge in [0.2, 0.25) is 0 Å². The SMILES string of the molecule is Cc1ccc(-c2c3ccccc3c(-c3ccccc3)c3cc(B(O)O)ccc23)c(I)c1. The van der Waals surface area contributed by atoms with Crippen LogP contribution < -0.4 is 5.46 Å². The van der Waals surface area contributed by atoms with Crippen LogP contribution in [0.3, 0.4) is 0 Å². The van der Waals surface area contributed by atoms with Gasteiger partial charge in [-0.05, 0) is 84.8 Å². The van der Waals surface area contributed by atoms with Crippen LogP contribution in [0.25, 0.3) is 43.8 Å². The molecule has 5 aromatic rings. The number of benzene rings is 5. The highest BCUT2D eigenvalue weighted by Crippen LogP contribution is 2.44. The average molecular weight is 514 g/mol. The summed E-state index contributed by atoms with van der Waals surface area (Å²) in [6.07, 6.45) is 0. The predicted molar refractivity (Wildman–Crippen MR) is 140 cm³/mol. The third-order valence-corrected chi connectivity index (χ3v) is 6.70. The van der Waals surface area contributed by atoms with E-state index in [0.29, 0.717) is 5.46 Å². The van der Waals surface area contributed by atoms with Crippen molar-refractivity contribution in [3.8, 4) is 22.3 Å². The van der Waals surface area contributed by atoms with Crippen molar-refractivity contribution in [1.29, 1.82) is 0 Å². The average Bonchev–Trinajstić information content (AvgIpc) is 2.78. The zero-order valence-corrected chi connectivity index (χ0v) is 19.2. The van der Waals surface area contributed by atoms with Gasteiger partial charge in [-0.1, -0.05) is 90.5 Å². The van der Waals surface area contributed by atoms with Crippen molar-refractivity contribution >= 4 is 56.7 Å². The molecule has 0 amide bonds. The van der Waals surface area contributed by atoms with E-state index in [1.807, 2.05) is 30.3 Å². The molecule has 150 valence electrons. The summed E-state index contributed by atoms with van der Waals surface area (Å²) >= 11 is 2.41. The van der Waals surface area contributed by atoms with Crippen LogP contribution in [0.5, 0.6) is 0 Å². The lowest BCUT2D eigenvalue weighted by molar-refractivity contribution is 0.426. The molecule has 5 aromatic carbocycles. The van der Waals surface area contributed by atoms with Gasteiger partial charge in [0, 0.05) is 3.57 Å². The molecule has 0 spiro atoms. The molecule has 0 radical (unpaired) electrons. The molecule has 2 N–H and O–H groups in total. The van der Waals surface area contributed by atoms with Crippen LogP contribution in [-0.4, -0.2) is 17.2 Å². The van der Waals surface area contributed by atoms with Crippen molar-refractivity contribution in [2.24, 2.45) is 0 Å². The fourth-order valence-electron chi connectivity index (χ4n) is 4.39. The minimum atomic E-state index is -1.51. The quantitative estimate of drug-likeness (QED) is 0.178. The van der Waals surface area contributed by atoms with Gasteiger partial charge in [0.05, 0.1) is 0 Å². The first-order chi connectivity index (χ1) is 15.0. The Morgan fingerprint density at radius 1 is 0.645 bits per heavy atom. The highest BCUT2D eigenvalue weighted by atomic mass is 127. The van der Waals surface area contributed by atoms with Crippen LogP contribution >= 0.6 is 22.6 Å². The molecule has 0 bridgehead atoms. The normalized spacial score (nSPS) is 11.2. The van der Waals surface area contributed by atoms with E-state index in [1.165, 1.54) is 25.6 Å². The number of hydrogen-bond donors (Lipinski definition) is 2. The third-order valence-electron chi connectivity index (χ3n) is 5.80. The molecule has 5 rings (SSSR count). The Hall–Kier alpha value is -2.67. The molecule has 0 atom stereocenters. The molecule has 0 aromatic heterocycles. The van der Waals surface area contributed by atoms with Gasteiger partial charge in [0.25, 0.3) is 0 Å². The van der Waals surface area contributed by atoms with E-state index in [-0.39, 0.29) is 0 Å². The van der Waals surface area contributed by atoms with E-state index in [0.717, 1.165) is 27.3 Å². The second-order valence-corrected chi connectivity index (χ2v) is 8.99. The monoisotopic (exact) mass is 514 g/mol.